The van der Waals surface area contributed by atoms with Crippen LogP contribution >= 0.6 is 0 Å². The number of rotatable bonds is 3. The van der Waals surface area contributed by atoms with E-state index in [1.54, 1.807) is 0 Å². The minimum Gasteiger partial charge on any atom is -0.373 e. The number of ether oxygens (including phenoxy) is 1. The van der Waals surface area contributed by atoms with Crippen LogP contribution in [0.3, 0.4) is 0 Å². The van der Waals surface area contributed by atoms with Crippen LogP contribution in [-0.4, -0.2) is 30.8 Å². The first-order valence-electron chi connectivity index (χ1n) is 5.49. The number of carbonyl (C=O) groups is 1. The molecule has 2 saturated heterocycles. The summed E-state index contributed by atoms with van der Waals surface area (Å²) in [5, 5.41) is 5.78. The van der Waals surface area contributed by atoms with Crippen molar-refractivity contribution in [3.05, 3.63) is 0 Å². The van der Waals surface area contributed by atoms with Crippen LogP contribution < -0.4 is 10.6 Å². The first kappa shape index (κ1) is 9.77. The van der Waals surface area contributed by atoms with Gasteiger partial charge in [0.05, 0.1) is 18.2 Å². The van der Waals surface area contributed by atoms with Crippen LogP contribution in [0.25, 0.3) is 0 Å². The third-order valence-electron chi connectivity index (χ3n) is 2.96. The summed E-state index contributed by atoms with van der Waals surface area (Å²) >= 11 is 0. The lowest BCUT2D eigenvalue weighted by Gasteiger charge is -2.20. The normalized spacial score (nSPS) is 34.5. The zero-order chi connectivity index (χ0) is 9.97. The molecule has 2 aliphatic rings. The molecule has 3 unspecified atom stereocenters. The molecule has 0 aliphatic carbocycles. The minimum atomic E-state index is -0.0481. The van der Waals surface area contributed by atoms with Gasteiger partial charge < -0.3 is 15.4 Å². The zero-order valence-corrected chi connectivity index (χ0v) is 8.58. The predicted molar refractivity (Wildman–Crippen MR) is 53.1 cm³/mol. The number of hydrogen-bond donors (Lipinski definition) is 2. The molecule has 2 N–H and O–H groups in total. The SMILES string of the molecule is CCCNC(=O)NC1CC2CCC1O2. The molecule has 4 heteroatoms. The molecule has 3 atom stereocenters. The standard InChI is InChI=1S/C10H18N2O2/c1-2-5-11-10(13)12-8-6-7-3-4-9(8)14-7/h7-9H,2-6H2,1H3,(H2,11,12,13). The van der Waals surface area contributed by atoms with E-state index in [2.05, 4.69) is 10.6 Å². The first-order chi connectivity index (χ1) is 6.79. The van der Waals surface area contributed by atoms with Crippen molar-refractivity contribution in [1.29, 1.82) is 0 Å². The summed E-state index contributed by atoms with van der Waals surface area (Å²) in [6.45, 7) is 2.79. The second-order valence-electron chi connectivity index (χ2n) is 4.12. The summed E-state index contributed by atoms with van der Waals surface area (Å²) in [6, 6.07) is 0.193. The quantitative estimate of drug-likeness (QED) is 0.711. The molecule has 2 rings (SSSR count). The molecule has 0 saturated carbocycles. The molecule has 2 fully saturated rings. The van der Waals surface area contributed by atoms with Gasteiger partial charge in [-0.3, -0.25) is 0 Å². The molecule has 0 aromatic rings. The Labute approximate surface area is 84.4 Å². The van der Waals surface area contributed by atoms with Crippen molar-refractivity contribution in [3.8, 4) is 0 Å². The zero-order valence-electron chi connectivity index (χ0n) is 8.58. The number of urea groups is 1. The van der Waals surface area contributed by atoms with Gasteiger partial charge in [0, 0.05) is 6.54 Å². The van der Waals surface area contributed by atoms with Gasteiger partial charge in [0.1, 0.15) is 0 Å². The van der Waals surface area contributed by atoms with Crippen LogP contribution in [0.2, 0.25) is 0 Å². The van der Waals surface area contributed by atoms with Crippen molar-refractivity contribution in [1.82, 2.24) is 10.6 Å². The van der Waals surface area contributed by atoms with Crippen LogP contribution in [0.1, 0.15) is 32.6 Å². The van der Waals surface area contributed by atoms with Crippen LogP contribution in [0.4, 0.5) is 4.79 Å². The van der Waals surface area contributed by atoms with Crippen molar-refractivity contribution in [2.24, 2.45) is 0 Å². The largest absolute Gasteiger partial charge is 0.373 e. The van der Waals surface area contributed by atoms with Gasteiger partial charge in [0.2, 0.25) is 0 Å². The second-order valence-corrected chi connectivity index (χ2v) is 4.12. The first-order valence-corrected chi connectivity index (χ1v) is 5.49. The molecule has 0 aromatic carbocycles. The van der Waals surface area contributed by atoms with Gasteiger partial charge in [-0.15, -0.1) is 0 Å². The highest BCUT2D eigenvalue weighted by atomic mass is 16.5. The van der Waals surface area contributed by atoms with Gasteiger partial charge in [-0.1, -0.05) is 6.92 Å². The highest BCUT2D eigenvalue weighted by Gasteiger charge is 2.41. The summed E-state index contributed by atoms with van der Waals surface area (Å²) in [5.41, 5.74) is 0. The van der Waals surface area contributed by atoms with Gasteiger partial charge in [-0.2, -0.15) is 0 Å². The molecule has 2 bridgehead atoms. The average molecular weight is 198 g/mol. The van der Waals surface area contributed by atoms with Crippen molar-refractivity contribution in [2.75, 3.05) is 6.54 Å². The molecule has 2 aliphatic heterocycles. The maximum atomic E-state index is 11.4. The van der Waals surface area contributed by atoms with Crippen LogP contribution in [0, 0.1) is 0 Å². The minimum absolute atomic E-state index is 0.0481. The Morgan fingerprint density at radius 2 is 2.36 bits per heavy atom. The Morgan fingerprint density at radius 3 is 2.93 bits per heavy atom. The molecule has 2 amide bonds. The molecular formula is C10H18N2O2. The van der Waals surface area contributed by atoms with E-state index in [4.69, 9.17) is 4.74 Å². The van der Waals surface area contributed by atoms with E-state index in [1.807, 2.05) is 6.92 Å². The van der Waals surface area contributed by atoms with E-state index in [9.17, 15) is 4.79 Å². The highest BCUT2D eigenvalue weighted by molar-refractivity contribution is 5.74. The molecule has 0 spiro atoms. The van der Waals surface area contributed by atoms with E-state index in [-0.39, 0.29) is 18.2 Å². The maximum absolute atomic E-state index is 11.4. The number of amides is 2. The van der Waals surface area contributed by atoms with Crippen molar-refractivity contribution >= 4 is 6.03 Å². The van der Waals surface area contributed by atoms with Crippen molar-refractivity contribution in [2.45, 2.75) is 50.9 Å². The Kier molecular flexibility index (Phi) is 2.91. The number of nitrogens with one attached hydrogen (secondary N) is 2. The number of hydrogen-bond acceptors (Lipinski definition) is 2. The Bertz CT molecular complexity index is 220. The van der Waals surface area contributed by atoms with E-state index < -0.39 is 0 Å². The van der Waals surface area contributed by atoms with Crippen LogP contribution in [0.15, 0.2) is 0 Å². The number of carbonyl (C=O) groups excluding carboxylic acids is 1. The van der Waals surface area contributed by atoms with Crippen LogP contribution in [0.5, 0.6) is 0 Å². The van der Waals surface area contributed by atoms with Gasteiger partial charge in [-0.05, 0) is 25.7 Å². The third kappa shape index (κ3) is 2.00. The fourth-order valence-electron chi connectivity index (χ4n) is 2.25. The molecule has 4 nitrogen and oxygen atoms in total. The van der Waals surface area contributed by atoms with E-state index in [1.165, 1.54) is 6.42 Å². The molecule has 0 aromatic heterocycles. The Morgan fingerprint density at radius 1 is 1.50 bits per heavy atom. The van der Waals surface area contributed by atoms with E-state index >= 15 is 0 Å². The second kappa shape index (κ2) is 4.17. The molecule has 0 radical (unpaired) electrons. The van der Waals surface area contributed by atoms with Gasteiger partial charge in [-0.25, -0.2) is 4.79 Å². The third-order valence-corrected chi connectivity index (χ3v) is 2.96. The summed E-state index contributed by atoms with van der Waals surface area (Å²) in [5.74, 6) is 0. The van der Waals surface area contributed by atoms with Crippen molar-refractivity contribution in [3.63, 3.8) is 0 Å². The highest BCUT2D eigenvalue weighted by Crippen LogP contribution is 2.34. The Balaban J connectivity index is 1.73. The topological polar surface area (TPSA) is 50.4 Å². The van der Waals surface area contributed by atoms with Gasteiger partial charge in [0.25, 0.3) is 0 Å². The molecular weight excluding hydrogens is 180 g/mol. The summed E-state index contributed by atoms with van der Waals surface area (Å²) in [4.78, 5) is 11.4. The van der Waals surface area contributed by atoms with Gasteiger partial charge in [0.15, 0.2) is 0 Å². The Hall–Kier alpha value is -0.770. The fraction of sp³-hybridized carbons (Fsp3) is 0.900. The lowest BCUT2D eigenvalue weighted by atomic mass is 9.96. The van der Waals surface area contributed by atoms with Crippen molar-refractivity contribution < 1.29 is 9.53 Å². The number of fused-ring (bicyclic) bond motifs is 2. The molecule has 14 heavy (non-hydrogen) atoms. The molecule has 2 heterocycles. The monoisotopic (exact) mass is 198 g/mol. The van der Waals surface area contributed by atoms with Crippen LogP contribution in [-0.2, 0) is 4.74 Å². The average Bonchev–Trinajstić information content (AvgIpc) is 2.76. The predicted octanol–water partition coefficient (Wildman–Crippen LogP) is 1.02. The lowest BCUT2D eigenvalue weighted by Crippen LogP contribution is -2.46. The van der Waals surface area contributed by atoms with E-state index in [0.29, 0.717) is 6.10 Å². The lowest BCUT2D eigenvalue weighted by molar-refractivity contribution is 0.0981. The summed E-state index contributed by atoms with van der Waals surface area (Å²) in [7, 11) is 0. The smallest absolute Gasteiger partial charge is 0.315 e. The molecule has 80 valence electrons. The van der Waals surface area contributed by atoms with E-state index in [0.717, 1.165) is 25.8 Å². The van der Waals surface area contributed by atoms with Gasteiger partial charge >= 0.3 is 6.03 Å². The summed E-state index contributed by atoms with van der Waals surface area (Å²) in [6.07, 6.45) is 4.90. The fourth-order valence-corrected chi connectivity index (χ4v) is 2.25. The summed E-state index contributed by atoms with van der Waals surface area (Å²) < 4.78 is 5.65. The maximum Gasteiger partial charge on any atom is 0.315 e.